The van der Waals surface area contributed by atoms with Crippen molar-refractivity contribution in [3.63, 3.8) is 0 Å². The van der Waals surface area contributed by atoms with E-state index >= 15 is 0 Å². The predicted molar refractivity (Wildman–Crippen MR) is 77.2 cm³/mol. The Balaban J connectivity index is 2.05. The van der Waals surface area contributed by atoms with E-state index in [1.54, 1.807) is 6.92 Å². The fraction of sp³-hybridized carbons (Fsp3) is 0.643. The van der Waals surface area contributed by atoms with Crippen LogP contribution in [0.15, 0.2) is 6.07 Å². The summed E-state index contributed by atoms with van der Waals surface area (Å²) in [7, 11) is 0. The van der Waals surface area contributed by atoms with Crippen molar-refractivity contribution >= 4 is 11.8 Å². The maximum absolute atomic E-state index is 11.0. The third kappa shape index (κ3) is 3.66. The smallest absolute Gasteiger partial charge is 0.374 e. The van der Waals surface area contributed by atoms with Crippen LogP contribution >= 0.6 is 0 Å². The first-order valence-electron chi connectivity index (χ1n) is 7.02. The maximum Gasteiger partial charge on any atom is 0.374 e. The van der Waals surface area contributed by atoms with E-state index in [2.05, 4.69) is 33.6 Å². The molecule has 2 rings (SSSR count). The number of hydrogen-bond donors (Lipinski definition) is 1. The molecule has 0 spiro atoms. The second-order valence-corrected chi connectivity index (χ2v) is 5.68. The number of aromatic nitrogens is 2. The minimum atomic E-state index is -1.08. The van der Waals surface area contributed by atoms with E-state index in [0.717, 1.165) is 38.5 Å². The van der Waals surface area contributed by atoms with Crippen LogP contribution in [-0.2, 0) is 0 Å². The van der Waals surface area contributed by atoms with Gasteiger partial charge in [-0.1, -0.05) is 13.8 Å². The SMILES string of the molecule is Cc1cc(N2CCN(CC(C)C)CC2)nc(C(=O)O)n1. The van der Waals surface area contributed by atoms with E-state index in [1.807, 2.05) is 6.07 Å². The summed E-state index contributed by atoms with van der Waals surface area (Å²) in [5.74, 6) is 0.193. The largest absolute Gasteiger partial charge is 0.475 e. The molecule has 20 heavy (non-hydrogen) atoms. The van der Waals surface area contributed by atoms with Crippen molar-refractivity contribution in [3.05, 3.63) is 17.6 Å². The van der Waals surface area contributed by atoms with Crippen molar-refractivity contribution in [2.75, 3.05) is 37.6 Å². The molecule has 0 atom stereocenters. The van der Waals surface area contributed by atoms with E-state index in [9.17, 15) is 4.79 Å². The second kappa shape index (κ2) is 6.17. The van der Waals surface area contributed by atoms with Gasteiger partial charge < -0.3 is 10.0 Å². The van der Waals surface area contributed by atoms with Gasteiger partial charge >= 0.3 is 5.97 Å². The van der Waals surface area contributed by atoms with Crippen LogP contribution in [0.2, 0.25) is 0 Å². The van der Waals surface area contributed by atoms with Crippen molar-refractivity contribution in [2.45, 2.75) is 20.8 Å². The summed E-state index contributed by atoms with van der Waals surface area (Å²) in [4.78, 5) is 23.7. The lowest BCUT2D eigenvalue weighted by atomic mass is 10.2. The van der Waals surface area contributed by atoms with Crippen molar-refractivity contribution < 1.29 is 9.90 Å². The average molecular weight is 278 g/mol. The number of aromatic carboxylic acids is 1. The number of carboxylic acids is 1. The van der Waals surface area contributed by atoms with Gasteiger partial charge in [-0.3, -0.25) is 4.90 Å². The highest BCUT2D eigenvalue weighted by Crippen LogP contribution is 2.15. The summed E-state index contributed by atoms with van der Waals surface area (Å²) in [6, 6.07) is 1.85. The van der Waals surface area contributed by atoms with E-state index in [0.29, 0.717) is 11.6 Å². The number of rotatable bonds is 4. The van der Waals surface area contributed by atoms with Crippen molar-refractivity contribution in [1.82, 2.24) is 14.9 Å². The van der Waals surface area contributed by atoms with Crippen LogP contribution in [0.4, 0.5) is 5.82 Å². The van der Waals surface area contributed by atoms with E-state index in [4.69, 9.17) is 5.11 Å². The Kier molecular flexibility index (Phi) is 4.54. The lowest BCUT2D eigenvalue weighted by molar-refractivity contribution is 0.0683. The molecule has 0 aromatic carbocycles. The lowest BCUT2D eigenvalue weighted by Crippen LogP contribution is -2.47. The van der Waals surface area contributed by atoms with Crippen LogP contribution in [0, 0.1) is 12.8 Å². The molecule has 1 saturated heterocycles. The zero-order valence-corrected chi connectivity index (χ0v) is 12.3. The quantitative estimate of drug-likeness (QED) is 0.894. The molecule has 0 bridgehead atoms. The first kappa shape index (κ1) is 14.7. The van der Waals surface area contributed by atoms with Gasteiger partial charge in [-0.15, -0.1) is 0 Å². The average Bonchev–Trinajstić information content (AvgIpc) is 2.38. The Bertz CT molecular complexity index is 482. The van der Waals surface area contributed by atoms with Crippen LogP contribution in [-0.4, -0.2) is 58.7 Å². The molecule has 1 aliphatic heterocycles. The number of piperazine rings is 1. The third-order valence-electron chi connectivity index (χ3n) is 3.35. The Morgan fingerprint density at radius 3 is 2.50 bits per heavy atom. The van der Waals surface area contributed by atoms with E-state index in [1.165, 1.54) is 0 Å². The first-order valence-corrected chi connectivity index (χ1v) is 7.02. The van der Waals surface area contributed by atoms with Gasteiger partial charge in [0.25, 0.3) is 0 Å². The summed E-state index contributed by atoms with van der Waals surface area (Å²) < 4.78 is 0. The predicted octanol–water partition coefficient (Wildman–Crippen LogP) is 1.26. The van der Waals surface area contributed by atoms with E-state index in [-0.39, 0.29) is 5.82 Å². The zero-order chi connectivity index (χ0) is 14.7. The molecule has 0 aliphatic carbocycles. The molecule has 0 unspecified atom stereocenters. The summed E-state index contributed by atoms with van der Waals surface area (Å²) in [5.41, 5.74) is 0.692. The molecule has 110 valence electrons. The Morgan fingerprint density at radius 2 is 1.95 bits per heavy atom. The minimum absolute atomic E-state index is 0.121. The highest BCUT2D eigenvalue weighted by Gasteiger charge is 2.20. The van der Waals surface area contributed by atoms with E-state index < -0.39 is 5.97 Å². The lowest BCUT2D eigenvalue weighted by Gasteiger charge is -2.36. The summed E-state index contributed by atoms with van der Waals surface area (Å²) in [6.45, 7) is 11.1. The number of anilines is 1. The first-order chi connectivity index (χ1) is 9.45. The third-order valence-corrected chi connectivity index (χ3v) is 3.35. The zero-order valence-electron chi connectivity index (χ0n) is 12.3. The van der Waals surface area contributed by atoms with Crippen molar-refractivity contribution in [1.29, 1.82) is 0 Å². The molecule has 1 N–H and O–H groups in total. The van der Waals surface area contributed by atoms with Crippen molar-refractivity contribution in [3.8, 4) is 0 Å². The van der Waals surface area contributed by atoms with Crippen LogP contribution < -0.4 is 4.90 Å². The molecule has 0 radical (unpaired) electrons. The second-order valence-electron chi connectivity index (χ2n) is 5.68. The van der Waals surface area contributed by atoms with Crippen LogP contribution in [0.25, 0.3) is 0 Å². The summed E-state index contributed by atoms with van der Waals surface area (Å²) in [6.07, 6.45) is 0. The van der Waals surface area contributed by atoms with Crippen LogP contribution in [0.3, 0.4) is 0 Å². The van der Waals surface area contributed by atoms with Gasteiger partial charge in [0.05, 0.1) is 0 Å². The maximum atomic E-state index is 11.0. The van der Waals surface area contributed by atoms with Gasteiger partial charge in [-0.2, -0.15) is 0 Å². The van der Waals surface area contributed by atoms with Gasteiger partial charge in [0, 0.05) is 44.5 Å². The van der Waals surface area contributed by atoms with Gasteiger partial charge in [-0.05, 0) is 12.8 Å². The molecular formula is C14H22N4O2. The molecule has 1 fully saturated rings. The summed E-state index contributed by atoms with van der Waals surface area (Å²) >= 11 is 0. The molecule has 0 saturated carbocycles. The Labute approximate surface area is 119 Å². The Hall–Kier alpha value is -1.69. The summed E-state index contributed by atoms with van der Waals surface area (Å²) in [5, 5.41) is 9.02. The highest BCUT2D eigenvalue weighted by molar-refractivity contribution is 5.83. The molecule has 1 aliphatic rings. The molecule has 0 amide bonds. The Morgan fingerprint density at radius 1 is 1.30 bits per heavy atom. The molecule has 2 heterocycles. The topological polar surface area (TPSA) is 69.6 Å². The number of carboxylic acid groups (broad SMARTS) is 1. The molecule has 6 nitrogen and oxygen atoms in total. The van der Waals surface area contributed by atoms with Gasteiger partial charge in [0.15, 0.2) is 0 Å². The normalized spacial score (nSPS) is 16.7. The number of hydrogen-bond acceptors (Lipinski definition) is 5. The molecule has 1 aromatic heterocycles. The van der Waals surface area contributed by atoms with Crippen LogP contribution in [0.5, 0.6) is 0 Å². The van der Waals surface area contributed by atoms with Gasteiger partial charge in [0.2, 0.25) is 5.82 Å². The fourth-order valence-corrected chi connectivity index (χ4v) is 2.49. The molecule has 6 heteroatoms. The monoisotopic (exact) mass is 278 g/mol. The van der Waals surface area contributed by atoms with Crippen molar-refractivity contribution in [2.24, 2.45) is 5.92 Å². The number of carbonyl (C=O) groups is 1. The molecular weight excluding hydrogens is 256 g/mol. The van der Waals surface area contributed by atoms with Gasteiger partial charge in [0.1, 0.15) is 5.82 Å². The fourth-order valence-electron chi connectivity index (χ4n) is 2.49. The standard InChI is InChI=1S/C14H22N4O2/c1-10(2)9-17-4-6-18(7-5-17)12-8-11(3)15-13(16-12)14(19)20/h8,10H,4-7,9H2,1-3H3,(H,19,20). The minimum Gasteiger partial charge on any atom is -0.475 e. The van der Waals surface area contributed by atoms with Gasteiger partial charge in [-0.25, -0.2) is 14.8 Å². The van der Waals surface area contributed by atoms with Crippen LogP contribution in [0.1, 0.15) is 30.2 Å². The molecule has 1 aromatic rings. The number of nitrogens with zero attached hydrogens (tertiary/aromatic N) is 4. The number of aryl methyl sites for hydroxylation is 1. The highest BCUT2D eigenvalue weighted by atomic mass is 16.4.